The van der Waals surface area contributed by atoms with E-state index in [2.05, 4.69) is 5.32 Å². The lowest BCUT2D eigenvalue weighted by Crippen LogP contribution is -2.35. The number of anilines is 2. The fourth-order valence-corrected chi connectivity index (χ4v) is 3.04. The number of benzene rings is 2. The summed E-state index contributed by atoms with van der Waals surface area (Å²) in [4.78, 5) is 36.6. The number of carbonyl (C=O) groups excluding carboxylic acids is 3. The van der Waals surface area contributed by atoms with Crippen LogP contribution in [0.2, 0.25) is 0 Å². The summed E-state index contributed by atoms with van der Waals surface area (Å²) in [5.74, 6) is -1.74. The first-order valence-corrected chi connectivity index (χ1v) is 8.54. The molecule has 1 aliphatic heterocycles. The van der Waals surface area contributed by atoms with Gasteiger partial charge in [-0.25, -0.2) is 0 Å². The van der Waals surface area contributed by atoms with E-state index in [0.717, 1.165) is 18.5 Å². The van der Waals surface area contributed by atoms with Crippen LogP contribution in [0.3, 0.4) is 0 Å². The van der Waals surface area contributed by atoms with Crippen LogP contribution in [0.1, 0.15) is 35.2 Å². The normalized spacial score (nSPS) is 13.0. The van der Waals surface area contributed by atoms with Crippen molar-refractivity contribution in [3.8, 4) is 0 Å². The number of amides is 2. The molecule has 2 amide bonds. The summed E-state index contributed by atoms with van der Waals surface area (Å²) in [6, 6.07) is 14.5. The lowest BCUT2D eigenvalue weighted by Gasteiger charge is -2.29. The summed E-state index contributed by atoms with van der Waals surface area (Å²) in [6.07, 6.45) is 1.43. The van der Waals surface area contributed by atoms with Crippen molar-refractivity contribution >= 4 is 29.2 Å². The molecule has 26 heavy (non-hydrogen) atoms. The quantitative estimate of drug-likeness (QED) is 0.889. The van der Waals surface area contributed by atoms with Crippen LogP contribution in [0.5, 0.6) is 0 Å². The number of rotatable bonds is 5. The number of para-hydroxylation sites is 1. The van der Waals surface area contributed by atoms with Crippen LogP contribution in [-0.2, 0) is 16.0 Å². The van der Waals surface area contributed by atoms with Crippen LogP contribution in [-0.4, -0.2) is 24.3 Å². The molecular formula is C20H19N2O4-. The van der Waals surface area contributed by atoms with Crippen molar-refractivity contribution in [1.29, 1.82) is 0 Å². The molecule has 0 saturated carbocycles. The van der Waals surface area contributed by atoms with Gasteiger partial charge in [-0.1, -0.05) is 18.2 Å². The zero-order valence-corrected chi connectivity index (χ0v) is 14.2. The predicted molar refractivity (Wildman–Crippen MR) is 95.8 cm³/mol. The molecule has 0 fully saturated rings. The first-order chi connectivity index (χ1) is 12.5. The number of fused-ring (bicyclic) bond motifs is 1. The van der Waals surface area contributed by atoms with Gasteiger partial charge in [-0.3, -0.25) is 9.59 Å². The second-order valence-corrected chi connectivity index (χ2v) is 6.19. The Balaban J connectivity index is 1.68. The maximum atomic E-state index is 12.8. The van der Waals surface area contributed by atoms with Crippen molar-refractivity contribution in [2.45, 2.75) is 25.7 Å². The topological polar surface area (TPSA) is 89.5 Å². The maximum absolute atomic E-state index is 12.8. The number of hydrogen-bond donors (Lipinski definition) is 1. The van der Waals surface area contributed by atoms with Crippen LogP contribution in [0.15, 0.2) is 48.5 Å². The largest absolute Gasteiger partial charge is 0.550 e. The number of carboxylic acid groups (broad SMARTS) is 1. The standard InChI is InChI=1S/C20H20N2O4/c23-18(11-12-19(24)25)21-16-9-7-15(8-10-16)20(26)22-13-3-5-14-4-1-2-6-17(14)22/h1-2,4,6-10H,3,5,11-13H2,(H,21,23)(H,24,25)/p-1. The number of aryl methyl sites for hydroxylation is 1. The Labute approximate surface area is 151 Å². The van der Waals surface area contributed by atoms with Gasteiger partial charge in [0.2, 0.25) is 5.91 Å². The predicted octanol–water partition coefficient (Wildman–Crippen LogP) is 1.75. The molecule has 1 N–H and O–H groups in total. The van der Waals surface area contributed by atoms with E-state index >= 15 is 0 Å². The second kappa shape index (κ2) is 7.82. The van der Waals surface area contributed by atoms with Gasteiger partial charge in [0, 0.05) is 35.9 Å². The first kappa shape index (κ1) is 17.7. The first-order valence-electron chi connectivity index (χ1n) is 8.54. The van der Waals surface area contributed by atoms with Gasteiger partial charge in [0.1, 0.15) is 0 Å². The third-order valence-electron chi connectivity index (χ3n) is 4.33. The van der Waals surface area contributed by atoms with E-state index < -0.39 is 11.9 Å². The molecule has 0 atom stereocenters. The van der Waals surface area contributed by atoms with E-state index in [1.165, 1.54) is 5.56 Å². The summed E-state index contributed by atoms with van der Waals surface area (Å²) in [7, 11) is 0. The Morgan fingerprint density at radius 3 is 2.46 bits per heavy atom. The summed E-state index contributed by atoms with van der Waals surface area (Å²) in [5.41, 5.74) is 3.17. The van der Waals surface area contributed by atoms with Crippen molar-refractivity contribution < 1.29 is 19.5 Å². The highest BCUT2D eigenvalue weighted by Crippen LogP contribution is 2.28. The van der Waals surface area contributed by atoms with Gasteiger partial charge in [-0.15, -0.1) is 0 Å². The van der Waals surface area contributed by atoms with E-state index in [9.17, 15) is 19.5 Å². The molecule has 6 heteroatoms. The van der Waals surface area contributed by atoms with Gasteiger partial charge in [-0.2, -0.15) is 0 Å². The molecule has 3 rings (SSSR count). The molecule has 0 aromatic heterocycles. The van der Waals surface area contributed by atoms with Gasteiger partial charge < -0.3 is 20.1 Å². The fourth-order valence-electron chi connectivity index (χ4n) is 3.04. The van der Waals surface area contributed by atoms with E-state index in [0.29, 0.717) is 17.8 Å². The van der Waals surface area contributed by atoms with Gasteiger partial charge in [-0.05, 0) is 55.2 Å². The van der Waals surface area contributed by atoms with Crippen LogP contribution in [0.25, 0.3) is 0 Å². The van der Waals surface area contributed by atoms with E-state index in [1.54, 1.807) is 29.2 Å². The molecule has 134 valence electrons. The number of aliphatic carboxylic acids is 1. The van der Waals surface area contributed by atoms with Crippen LogP contribution < -0.4 is 15.3 Å². The molecular weight excluding hydrogens is 332 g/mol. The maximum Gasteiger partial charge on any atom is 0.258 e. The number of nitrogens with one attached hydrogen (secondary N) is 1. The smallest absolute Gasteiger partial charge is 0.258 e. The average Bonchev–Trinajstić information content (AvgIpc) is 2.66. The summed E-state index contributed by atoms with van der Waals surface area (Å²) in [6.45, 7) is 0.678. The number of nitrogens with zero attached hydrogens (tertiary/aromatic N) is 1. The van der Waals surface area contributed by atoms with E-state index in [1.807, 2.05) is 24.3 Å². The molecule has 1 aliphatic rings. The molecule has 0 spiro atoms. The molecule has 0 saturated heterocycles. The molecule has 6 nitrogen and oxygen atoms in total. The summed E-state index contributed by atoms with van der Waals surface area (Å²) < 4.78 is 0. The molecule has 2 aromatic rings. The van der Waals surface area contributed by atoms with Gasteiger partial charge in [0.25, 0.3) is 5.91 Å². The third kappa shape index (κ3) is 4.08. The second-order valence-electron chi connectivity index (χ2n) is 6.19. The van der Waals surface area contributed by atoms with Crippen molar-refractivity contribution in [2.75, 3.05) is 16.8 Å². The molecule has 0 radical (unpaired) electrons. The van der Waals surface area contributed by atoms with Crippen molar-refractivity contribution in [2.24, 2.45) is 0 Å². The van der Waals surface area contributed by atoms with Crippen LogP contribution in [0.4, 0.5) is 11.4 Å². The number of carbonyl (C=O) groups is 3. The van der Waals surface area contributed by atoms with Crippen molar-refractivity contribution in [1.82, 2.24) is 0 Å². The fraction of sp³-hybridized carbons (Fsp3) is 0.250. The Morgan fingerprint density at radius 1 is 1.00 bits per heavy atom. The van der Waals surface area contributed by atoms with Gasteiger partial charge in [0.05, 0.1) is 0 Å². The van der Waals surface area contributed by atoms with Crippen LogP contribution >= 0.6 is 0 Å². The third-order valence-corrected chi connectivity index (χ3v) is 4.33. The van der Waals surface area contributed by atoms with Crippen LogP contribution in [0, 0.1) is 0 Å². The molecule has 2 aromatic carbocycles. The Kier molecular flexibility index (Phi) is 5.31. The van der Waals surface area contributed by atoms with E-state index in [4.69, 9.17) is 0 Å². The van der Waals surface area contributed by atoms with Gasteiger partial charge >= 0.3 is 0 Å². The zero-order valence-electron chi connectivity index (χ0n) is 14.2. The zero-order chi connectivity index (χ0) is 18.5. The highest BCUT2D eigenvalue weighted by Gasteiger charge is 2.23. The van der Waals surface area contributed by atoms with Crippen molar-refractivity contribution in [3.05, 3.63) is 59.7 Å². The minimum atomic E-state index is -1.26. The minimum absolute atomic E-state index is 0.0769. The summed E-state index contributed by atoms with van der Waals surface area (Å²) in [5, 5.41) is 13.0. The molecule has 0 aliphatic carbocycles. The number of carboxylic acids is 1. The highest BCUT2D eigenvalue weighted by atomic mass is 16.4. The van der Waals surface area contributed by atoms with E-state index in [-0.39, 0.29) is 18.7 Å². The summed E-state index contributed by atoms with van der Waals surface area (Å²) >= 11 is 0. The minimum Gasteiger partial charge on any atom is -0.550 e. The average molecular weight is 351 g/mol. The Bertz CT molecular complexity index is 830. The molecule has 1 heterocycles. The lowest BCUT2D eigenvalue weighted by molar-refractivity contribution is -0.305. The van der Waals surface area contributed by atoms with Crippen molar-refractivity contribution in [3.63, 3.8) is 0 Å². The Hall–Kier alpha value is -3.15. The molecule has 0 bridgehead atoms. The monoisotopic (exact) mass is 351 g/mol. The number of hydrogen-bond acceptors (Lipinski definition) is 4. The lowest BCUT2D eigenvalue weighted by atomic mass is 10.0. The Morgan fingerprint density at radius 2 is 1.73 bits per heavy atom. The van der Waals surface area contributed by atoms with Gasteiger partial charge in [0.15, 0.2) is 0 Å². The SMILES string of the molecule is O=C([O-])CCC(=O)Nc1ccc(C(=O)N2CCCc3ccccc32)cc1. The highest BCUT2D eigenvalue weighted by molar-refractivity contribution is 6.07. The molecule has 0 unspecified atom stereocenters.